The maximum atomic E-state index is 12.1. The first-order valence-corrected chi connectivity index (χ1v) is 7.53. The van der Waals surface area contributed by atoms with Gasteiger partial charge in [0.2, 0.25) is 5.91 Å². The largest absolute Gasteiger partial charge is 0.356 e. The zero-order valence-electron chi connectivity index (χ0n) is 13.4. The number of hydrogen-bond acceptors (Lipinski definition) is 2. The summed E-state index contributed by atoms with van der Waals surface area (Å²) in [6, 6.07) is 10.4. The number of carbonyl (C=O) groups excluding carboxylic acids is 1. The van der Waals surface area contributed by atoms with Crippen molar-refractivity contribution in [2.24, 2.45) is 5.41 Å². The Morgan fingerprint density at radius 2 is 1.76 bits per heavy atom. The number of rotatable bonds is 9. The van der Waals surface area contributed by atoms with E-state index >= 15 is 0 Å². The smallest absolute Gasteiger partial charge is 0.225 e. The molecule has 0 aliphatic carbocycles. The first-order chi connectivity index (χ1) is 9.56. The van der Waals surface area contributed by atoms with Gasteiger partial charge in [-0.1, -0.05) is 44.2 Å². The van der Waals surface area contributed by atoms with Gasteiger partial charge in [-0.25, -0.2) is 0 Å². The minimum Gasteiger partial charge on any atom is -0.356 e. The van der Waals surface area contributed by atoms with Crippen molar-refractivity contribution in [1.82, 2.24) is 10.6 Å². The second-order valence-corrected chi connectivity index (χ2v) is 5.94. The van der Waals surface area contributed by atoms with Crippen LogP contribution in [0.3, 0.4) is 0 Å². The van der Waals surface area contributed by atoms with Gasteiger partial charge in [-0.15, -0.1) is 12.4 Å². The number of carbonyl (C=O) groups is 1. The minimum absolute atomic E-state index is 0. The second kappa shape index (κ2) is 10.6. The van der Waals surface area contributed by atoms with Gasteiger partial charge in [-0.3, -0.25) is 4.79 Å². The monoisotopic (exact) mass is 312 g/mol. The summed E-state index contributed by atoms with van der Waals surface area (Å²) in [7, 11) is 1.93. The lowest BCUT2D eigenvalue weighted by Gasteiger charge is -2.23. The number of halogens is 1. The van der Waals surface area contributed by atoms with Crippen LogP contribution in [0.5, 0.6) is 0 Å². The summed E-state index contributed by atoms with van der Waals surface area (Å²) in [5.41, 5.74) is 1.06. The van der Waals surface area contributed by atoms with Crippen molar-refractivity contribution in [2.45, 2.75) is 39.5 Å². The molecule has 0 radical (unpaired) electrons. The molecule has 0 aliphatic rings. The Labute approximate surface area is 135 Å². The third kappa shape index (κ3) is 8.08. The fraction of sp³-hybridized carbons (Fsp3) is 0.588. The van der Waals surface area contributed by atoms with Crippen LogP contribution in [-0.4, -0.2) is 26.0 Å². The van der Waals surface area contributed by atoms with E-state index in [0.29, 0.717) is 0 Å². The van der Waals surface area contributed by atoms with Crippen molar-refractivity contribution in [3.63, 3.8) is 0 Å². The average molecular weight is 313 g/mol. The standard InChI is InChI=1S/C17H28N2O.ClH/c1-17(2,16(20)19-14-8-13-18-3)12-7-11-15-9-5-4-6-10-15;/h4-6,9-10,18H,7-8,11-14H2,1-3H3,(H,19,20);1H. The van der Waals surface area contributed by atoms with Crippen LogP contribution in [0, 0.1) is 5.41 Å². The van der Waals surface area contributed by atoms with Crippen LogP contribution in [0.1, 0.15) is 38.7 Å². The van der Waals surface area contributed by atoms with Crippen LogP contribution in [0.2, 0.25) is 0 Å². The number of hydrogen-bond donors (Lipinski definition) is 2. The number of aryl methyl sites for hydroxylation is 1. The normalized spacial score (nSPS) is 10.8. The van der Waals surface area contributed by atoms with E-state index in [-0.39, 0.29) is 23.7 Å². The molecule has 0 aromatic heterocycles. The molecule has 3 nitrogen and oxygen atoms in total. The highest BCUT2D eigenvalue weighted by Crippen LogP contribution is 2.23. The SMILES string of the molecule is CNCCCNC(=O)C(C)(C)CCCc1ccccc1.Cl. The van der Waals surface area contributed by atoms with Crippen molar-refractivity contribution in [2.75, 3.05) is 20.1 Å². The summed E-state index contributed by atoms with van der Waals surface area (Å²) in [4.78, 5) is 12.1. The van der Waals surface area contributed by atoms with Gasteiger partial charge in [0, 0.05) is 12.0 Å². The highest BCUT2D eigenvalue weighted by atomic mass is 35.5. The minimum atomic E-state index is -0.283. The average Bonchev–Trinajstić information content (AvgIpc) is 2.44. The Bertz CT molecular complexity index is 393. The molecular formula is C17H29ClN2O. The lowest BCUT2D eigenvalue weighted by molar-refractivity contribution is -0.129. The zero-order chi connectivity index (χ0) is 14.8. The number of amides is 1. The Hall–Kier alpha value is -1.06. The van der Waals surface area contributed by atoms with E-state index in [1.54, 1.807) is 0 Å². The third-order valence-corrected chi connectivity index (χ3v) is 3.61. The molecule has 120 valence electrons. The molecule has 4 heteroatoms. The van der Waals surface area contributed by atoms with Crippen LogP contribution < -0.4 is 10.6 Å². The summed E-state index contributed by atoms with van der Waals surface area (Å²) >= 11 is 0. The zero-order valence-corrected chi connectivity index (χ0v) is 14.3. The third-order valence-electron chi connectivity index (χ3n) is 3.61. The van der Waals surface area contributed by atoms with E-state index in [2.05, 4.69) is 34.9 Å². The van der Waals surface area contributed by atoms with Crippen LogP contribution in [0.25, 0.3) is 0 Å². The summed E-state index contributed by atoms with van der Waals surface area (Å²) < 4.78 is 0. The van der Waals surface area contributed by atoms with Gasteiger partial charge in [0.15, 0.2) is 0 Å². The number of benzene rings is 1. The van der Waals surface area contributed by atoms with Gasteiger partial charge >= 0.3 is 0 Å². The molecular weight excluding hydrogens is 284 g/mol. The van der Waals surface area contributed by atoms with Gasteiger partial charge in [0.1, 0.15) is 0 Å². The van der Waals surface area contributed by atoms with E-state index in [4.69, 9.17) is 0 Å². The maximum absolute atomic E-state index is 12.1. The van der Waals surface area contributed by atoms with E-state index in [9.17, 15) is 4.79 Å². The first-order valence-electron chi connectivity index (χ1n) is 7.53. The molecule has 1 aromatic rings. The summed E-state index contributed by atoms with van der Waals surface area (Å²) in [5.74, 6) is 0.168. The van der Waals surface area contributed by atoms with Gasteiger partial charge in [-0.2, -0.15) is 0 Å². The summed E-state index contributed by atoms with van der Waals surface area (Å²) in [6.45, 7) is 5.76. The van der Waals surface area contributed by atoms with Gasteiger partial charge in [-0.05, 0) is 44.8 Å². The molecule has 0 saturated heterocycles. The molecule has 0 saturated carbocycles. The van der Waals surface area contributed by atoms with Crippen LogP contribution >= 0.6 is 12.4 Å². The quantitative estimate of drug-likeness (QED) is 0.688. The predicted molar refractivity (Wildman–Crippen MR) is 92.0 cm³/mol. The molecule has 0 spiro atoms. The van der Waals surface area contributed by atoms with E-state index < -0.39 is 0 Å². The Balaban J connectivity index is 0.00000400. The molecule has 2 N–H and O–H groups in total. The predicted octanol–water partition coefficient (Wildman–Crippen LogP) is 3.18. The van der Waals surface area contributed by atoms with Crippen LogP contribution in [-0.2, 0) is 11.2 Å². The van der Waals surface area contributed by atoms with Crippen molar-refractivity contribution in [3.05, 3.63) is 35.9 Å². The molecule has 0 fully saturated rings. The molecule has 0 unspecified atom stereocenters. The van der Waals surface area contributed by atoms with Crippen molar-refractivity contribution < 1.29 is 4.79 Å². The van der Waals surface area contributed by atoms with Gasteiger partial charge < -0.3 is 10.6 Å². The molecule has 0 bridgehead atoms. The topological polar surface area (TPSA) is 41.1 Å². The van der Waals surface area contributed by atoms with Crippen molar-refractivity contribution >= 4 is 18.3 Å². The molecule has 0 heterocycles. The molecule has 0 aliphatic heterocycles. The lowest BCUT2D eigenvalue weighted by atomic mass is 9.85. The molecule has 0 atom stereocenters. The van der Waals surface area contributed by atoms with Crippen LogP contribution in [0.15, 0.2) is 30.3 Å². The summed E-state index contributed by atoms with van der Waals surface area (Å²) in [6.07, 6.45) is 3.97. The fourth-order valence-corrected chi connectivity index (χ4v) is 2.20. The Kier molecular flexibility index (Phi) is 10.1. The molecule has 1 rings (SSSR count). The highest BCUT2D eigenvalue weighted by molar-refractivity contribution is 5.85. The first kappa shape index (κ1) is 19.9. The molecule has 1 aromatic carbocycles. The van der Waals surface area contributed by atoms with E-state index in [0.717, 1.165) is 38.8 Å². The summed E-state index contributed by atoms with van der Waals surface area (Å²) in [5, 5.41) is 6.11. The van der Waals surface area contributed by atoms with Crippen molar-refractivity contribution in [1.29, 1.82) is 0 Å². The molecule has 1 amide bonds. The highest BCUT2D eigenvalue weighted by Gasteiger charge is 2.26. The molecule has 21 heavy (non-hydrogen) atoms. The maximum Gasteiger partial charge on any atom is 0.225 e. The van der Waals surface area contributed by atoms with E-state index in [1.807, 2.05) is 27.0 Å². The van der Waals surface area contributed by atoms with E-state index in [1.165, 1.54) is 5.56 Å². The fourth-order valence-electron chi connectivity index (χ4n) is 2.20. The Morgan fingerprint density at radius 3 is 2.38 bits per heavy atom. The Morgan fingerprint density at radius 1 is 1.10 bits per heavy atom. The van der Waals surface area contributed by atoms with Crippen molar-refractivity contribution in [3.8, 4) is 0 Å². The van der Waals surface area contributed by atoms with Gasteiger partial charge in [0.25, 0.3) is 0 Å². The lowest BCUT2D eigenvalue weighted by Crippen LogP contribution is -2.38. The number of nitrogens with one attached hydrogen (secondary N) is 2. The second-order valence-electron chi connectivity index (χ2n) is 5.94. The van der Waals surface area contributed by atoms with Crippen LogP contribution in [0.4, 0.5) is 0 Å². The van der Waals surface area contributed by atoms with Gasteiger partial charge in [0.05, 0.1) is 0 Å².